The molecule has 1 unspecified atom stereocenters. The molecule has 2 rings (SSSR count). The average Bonchev–Trinajstić information content (AvgIpc) is 2.71. The fraction of sp³-hybridized carbons (Fsp3) is 0.357. The van der Waals surface area contributed by atoms with E-state index in [0.717, 1.165) is 0 Å². The lowest BCUT2D eigenvalue weighted by Crippen LogP contribution is -2.27. The minimum Gasteiger partial charge on any atom is -0.435 e. The molecule has 1 aromatic carbocycles. The molecule has 2 aromatic rings. The molecular weight excluding hydrogens is 364 g/mol. The standard InChI is InChI=1S/C14H16ClF2N3O3S/c1-8(10-5-4-6-11(7-10)23-14(16)17)19-24(21,22)12-9(2)18-20(3)13(12)15/h4-8,14,19H,1-3H3. The smallest absolute Gasteiger partial charge is 0.387 e. The highest BCUT2D eigenvalue weighted by Gasteiger charge is 2.27. The Kier molecular flexibility index (Phi) is 5.46. The predicted molar refractivity (Wildman–Crippen MR) is 84.8 cm³/mol. The number of hydrogen-bond acceptors (Lipinski definition) is 4. The van der Waals surface area contributed by atoms with Crippen LogP contribution in [0.3, 0.4) is 0 Å². The molecule has 0 saturated carbocycles. The molecule has 0 amide bonds. The first-order chi connectivity index (χ1) is 11.1. The number of nitrogens with one attached hydrogen (secondary N) is 1. The summed E-state index contributed by atoms with van der Waals surface area (Å²) in [5.41, 5.74) is 0.728. The van der Waals surface area contributed by atoms with Crippen LogP contribution in [0, 0.1) is 6.92 Å². The van der Waals surface area contributed by atoms with Crippen molar-refractivity contribution in [1.82, 2.24) is 14.5 Å². The fourth-order valence-electron chi connectivity index (χ4n) is 2.24. The van der Waals surface area contributed by atoms with Crippen LogP contribution in [0.1, 0.15) is 24.2 Å². The van der Waals surface area contributed by atoms with Crippen molar-refractivity contribution in [2.24, 2.45) is 7.05 Å². The number of halogens is 3. The summed E-state index contributed by atoms with van der Waals surface area (Å²) >= 11 is 5.99. The number of sulfonamides is 1. The minimum absolute atomic E-state index is 0.0121. The first-order valence-electron chi connectivity index (χ1n) is 6.88. The fourth-order valence-corrected chi connectivity index (χ4v) is 4.22. The van der Waals surface area contributed by atoms with Crippen LogP contribution in [0.5, 0.6) is 5.75 Å². The highest BCUT2D eigenvalue weighted by Crippen LogP contribution is 2.27. The Labute approximate surface area is 143 Å². The molecule has 1 aromatic heterocycles. The van der Waals surface area contributed by atoms with Crippen LogP contribution in [-0.2, 0) is 17.1 Å². The van der Waals surface area contributed by atoms with Crippen molar-refractivity contribution in [3.05, 3.63) is 40.7 Å². The summed E-state index contributed by atoms with van der Waals surface area (Å²) in [5, 5.41) is 3.95. The highest BCUT2D eigenvalue weighted by molar-refractivity contribution is 7.89. The van der Waals surface area contributed by atoms with Crippen LogP contribution in [-0.4, -0.2) is 24.8 Å². The van der Waals surface area contributed by atoms with Gasteiger partial charge in [-0.15, -0.1) is 0 Å². The Morgan fingerprint density at radius 2 is 2.04 bits per heavy atom. The molecule has 6 nitrogen and oxygen atoms in total. The molecular formula is C14H16ClF2N3O3S. The van der Waals surface area contributed by atoms with E-state index in [0.29, 0.717) is 5.56 Å². The summed E-state index contributed by atoms with van der Waals surface area (Å²) in [5.74, 6) is -0.0517. The predicted octanol–water partition coefficient (Wildman–Crippen LogP) is 3.02. The summed E-state index contributed by atoms with van der Waals surface area (Å²) in [6, 6.07) is 5.12. The molecule has 1 heterocycles. The van der Waals surface area contributed by atoms with Gasteiger partial charge in [0.15, 0.2) is 0 Å². The van der Waals surface area contributed by atoms with E-state index in [4.69, 9.17) is 11.6 Å². The van der Waals surface area contributed by atoms with E-state index in [9.17, 15) is 17.2 Å². The Balaban J connectivity index is 2.27. The lowest BCUT2D eigenvalue weighted by molar-refractivity contribution is -0.0499. The SMILES string of the molecule is Cc1nn(C)c(Cl)c1S(=O)(=O)NC(C)c1cccc(OC(F)F)c1. The zero-order valence-corrected chi connectivity index (χ0v) is 14.7. The second-order valence-corrected chi connectivity index (χ2v) is 7.13. The van der Waals surface area contributed by atoms with Gasteiger partial charge in [-0.3, -0.25) is 4.68 Å². The Hall–Kier alpha value is -1.71. The van der Waals surface area contributed by atoms with E-state index in [1.165, 1.54) is 36.9 Å². The van der Waals surface area contributed by atoms with Gasteiger partial charge in [-0.05, 0) is 31.5 Å². The minimum atomic E-state index is -3.94. The van der Waals surface area contributed by atoms with Crippen LogP contribution in [0.25, 0.3) is 0 Å². The van der Waals surface area contributed by atoms with Crippen molar-refractivity contribution >= 4 is 21.6 Å². The molecule has 0 saturated heterocycles. The third-order valence-electron chi connectivity index (χ3n) is 3.28. The van der Waals surface area contributed by atoms with Crippen LogP contribution in [0.15, 0.2) is 29.2 Å². The van der Waals surface area contributed by atoms with Gasteiger partial charge in [-0.1, -0.05) is 23.7 Å². The van der Waals surface area contributed by atoms with Gasteiger partial charge in [0.05, 0.1) is 5.69 Å². The summed E-state index contributed by atoms with van der Waals surface area (Å²) in [6.07, 6.45) is 0. The zero-order chi connectivity index (χ0) is 18.1. The largest absolute Gasteiger partial charge is 0.435 e. The van der Waals surface area contributed by atoms with Crippen LogP contribution < -0.4 is 9.46 Å². The number of aryl methyl sites for hydroxylation is 2. The van der Waals surface area contributed by atoms with E-state index in [-0.39, 0.29) is 21.5 Å². The summed E-state index contributed by atoms with van der Waals surface area (Å²) in [6.45, 7) is 0.157. The van der Waals surface area contributed by atoms with E-state index >= 15 is 0 Å². The molecule has 0 fully saturated rings. The number of benzene rings is 1. The highest BCUT2D eigenvalue weighted by atomic mass is 35.5. The molecule has 10 heteroatoms. The monoisotopic (exact) mass is 379 g/mol. The number of alkyl halides is 2. The van der Waals surface area contributed by atoms with Gasteiger partial charge in [0.25, 0.3) is 0 Å². The maximum Gasteiger partial charge on any atom is 0.387 e. The molecule has 0 spiro atoms. The van der Waals surface area contributed by atoms with Gasteiger partial charge >= 0.3 is 6.61 Å². The second kappa shape index (κ2) is 7.04. The van der Waals surface area contributed by atoms with E-state index < -0.39 is 22.7 Å². The van der Waals surface area contributed by atoms with Crippen molar-refractivity contribution in [2.75, 3.05) is 0 Å². The number of rotatable bonds is 6. The zero-order valence-electron chi connectivity index (χ0n) is 13.1. The lowest BCUT2D eigenvalue weighted by Gasteiger charge is -2.15. The topological polar surface area (TPSA) is 73.2 Å². The molecule has 132 valence electrons. The Morgan fingerprint density at radius 3 is 2.58 bits per heavy atom. The summed E-state index contributed by atoms with van der Waals surface area (Å²) in [4.78, 5) is -0.112. The van der Waals surface area contributed by atoms with Gasteiger partial charge in [-0.25, -0.2) is 13.1 Å². The van der Waals surface area contributed by atoms with Crippen molar-refractivity contribution < 1.29 is 21.9 Å². The number of ether oxygens (including phenoxy) is 1. The van der Waals surface area contributed by atoms with Crippen molar-refractivity contribution in [3.63, 3.8) is 0 Å². The number of aromatic nitrogens is 2. The second-order valence-electron chi connectivity index (χ2n) is 5.12. The van der Waals surface area contributed by atoms with Crippen LogP contribution in [0.4, 0.5) is 8.78 Å². The van der Waals surface area contributed by atoms with Crippen molar-refractivity contribution in [2.45, 2.75) is 31.4 Å². The van der Waals surface area contributed by atoms with Gasteiger partial charge < -0.3 is 4.74 Å². The van der Waals surface area contributed by atoms with Gasteiger partial charge in [0.1, 0.15) is 15.8 Å². The van der Waals surface area contributed by atoms with Crippen molar-refractivity contribution in [1.29, 1.82) is 0 Å². The maximum atomic E-state index is 12.5. The molecule has 0 bridgehead atoms. The first-order valence-corrected chi connectivity index (χ1v) is 8.74. The van der Waals surface area contributed by atoms with Gasteiger partial charge in [0, 0.05) is 13.1 Å². The van der Waals surface area contributed by atoms with E-state index in [1.54, 1.807) is 13.0 Å². The Bertz CT molecular complexity index is 840. The maximum absolute atomic E-state index is 12.5. The molecule has 1 N–H and O–H groups in total. The normalized spacial score (nSPS) is 13.3. The number of hydrogen-bond donors (Lipinski definition) is 1. The summed E-state index contributed by atoms with van der Waals surface area (Å²) in [7, 11) is -2.41. The molecule has 1 atom stereocenters. The summed E-state index contributed by atoms with van der Waals surface area (Å²) < 4.78 is 57.7. The third-order valence-corrected chi connectivity index (χ3v) is 5.52. The molecule has 0 radical (unpaired) electrons. The molecule has 0 aliphatic rings. The number of nitrogens with zero attached hydrogens (tertiary/aromatic N) is 2. The van der Waals surface area contributed by atoms with Crippen molar-refractivity contribution in [3.8, 4) is 5.75 Å². The van der Waals surface area contributed by atoms with Crippen LogP contribution >= 0.6 is 11.6 Å². The molecule has 24 heavy (non-hydrogen) atoms. The van der Waals surface area contributed by atoms with E-state index in [1.807, 2.05) is 0 Å². The third kappa shape index (κ3) is 4.03. The van der Waals surface area contributed by atoms with Gasteiger partial charge in [0.2, 0.25) is 10.0 Å². The van der Waals surface area contributed by atoms with Crippen LogP contribution in [0.2, 0.25) is 5.15 Å². The Morgan fingerprint density at radius 1 is 1.38 bits per heavy atom. The molecule has 0 aliphatic heterocycles. The average molecular weight is 380 g/mol. The van der Waals surface area contributed by atoms with Gasteiger partial charge in [-0.2, -0.15) is 13.9 Å². The van der Waals surface area contributed by atoms with E-state index in [2.05, 4.69) is 14.6 Å². The quantitative estimate of drug-likeness (QED) is 0.837. The lowest BCUT2D eigenvalue weighted by atomic mass is 10.1. The molecule has 0 aliphatic carbocycles. The first kappa shape index (κ1) is 18.6.